The van der Waals surface area contributed by atoms with E-state index in [-0.39, 0.29) is 37.2 Å². The van der Waals surface area contributed by atoms with Gasteiger partial charge in [-0.05, 0) is 18.6 Å². The Hall–Kier alpha value is -0.380. The molecule has 12 heavy (non-hydrogen) atoms. The second-order valence-corrected chi connectivity index (χ2v) is 2.15. The van der Waals surface area contributed by atoms with Gasteiger partial charge < -0.3 is 5.73 Å². The lowest BCUT2D eigenvalue weighted by Crippen LogP contribution is -2.02. The van der Waals surface area contributed by atoms with Crippen LogP contribution in [0.1, 0.15) is 11.3 Å². The van der Waals surface area contributed by atoms with Crippen molar-refractivity contribution in [2.24, 2.45) is 5.73 Å². The Morgan fingerprint density at radius 1 is 1.50 bits per heavy atom. The molecule has 1 rings (SSSR count). The smallest absolute Gasteiger partial charge is 0.146 e. The Morgan fingerprint density at radius 3 is 2.50 bits per heavy atom. The number of aromatic nitrogens is 1. The zero-order chi connectivity index (χ0) is 7.56. The lowest BCUT2D eigenvalue weighted by molar-refractivity contribution is 0.598. The molecule has 0 saturated heterocycles. The molecule has 70 valence electrons. The fraction of sp³-hybridized carbons (Fsp3) is 0.286. The molecule has 0 aromatic carbocycles. The molecule has 0 aliphatic carbocycles. The number of aryl methyl sites for hydroxylation is 1. The van der Waals surface area contributed by atoms with Gasteiger partial charge >= 0.3 is 0 Å². The SMILES string of the molecule is Cc1cnc(CN)c(F)c1.Cl.Cl. The lowest BCUT2D eigenvalue weighted by Gasteiger charge is -1.97. The minimum Gasteiger partial charge on any atom is -0.325 e. The van der Waals surface area contributed by atoms with Gasteiger partial charge in [0.25, 0.3) is 0 Å². The molecule has 0 bridgehead atoms. The minimum absolute atomic E-state index is 0. The third-order valence-corrected chi connectivity index (χ3v) is 1.25. The molecule has 0 unspecified atom stereocenters. The molecule has 0 atom stereocenters. The normalized spacial score (nSPS) is 8.25. The quantitative estimate of drug-likeness (QED) is 0.772. The molecule has 2 nitrogen and oxygen atoms in total. The maximum atomic E-state index is 12.7. The summed E-state index contributed by atoms with van der Waals surface area (Å²) in [5.74, 6) is -0.317. The first-order chi connectivity index (χ1) is 4.74. The first-order valence-corrected chi connectivity index (χ1v) is 3.05. The van der Waals surface area contributed by atoms with Crippen LogP contribution >= 0.6 is 24.8 Å². The summed E-state index contributed by atoms with van der Waals surface area (Å²) < 4.78 is 12.7. The van der Waals surface area contributed by atoms with E-state index >= 15 is 0 Å². The van der Waals surface area contributed by atoms with Gasteiger partial charge in [0.05, 0.1) is 5.69 Å². The van der Waals surface area contributed by atoms with E-state index < -0.39 is 0 Å². The Bertz CT molecular complexity index is 243. The predicted molar refractivity (Wildman–Crippen MR) is 51.3 cm³/mol. The van der Waals surface area contributed by atoms with E-state index in [0.29, 0.717) is 5.69 Å². The second-order valence-electron chi connectivity index (χ2n) is 2.15. The zero-order valence-corrected chi connectivity index (χ0v) is 8.21. The molecule has 0 saturated carbocycles. The summed E-state index contributed by atoms with van der Waals surface area (Å²) in [7, 11) is 0. The highest BCUT2D eigenvalue weighted by molar-refractivity contribution is 5.85. The zero-order valence-electron chi connectivity index (χ0n) is 6.58. The van der Waals surface area contributed by atoms with Crippen molar-refractivity contribution in [3.63, 3.8) is 0 Å². The number of hydrogen-bond donors (Lipinski definition) is 1. The molecule has 1 aromatic heterocycles. The number of hydrogen-bond acceptors (Lipinski definition) is 2. The molecular formula is C7H11Cl2FN2. The van der Waals surface area contributed by atoms with Crippen molar-refractivity contribution in [3.05, 3.63) is 29.3 Å². The highest BCUT2D eigenvalue weighted by atomic mass is 35.5. The van der Waals surface area contributed by atoms with Crippen LogP contribution in [-0.2, 0) is 6.54 Å². The van der Waals surface area contributed by atoms with Gasteiger partial charge in [-0.15, -0.1) is 24.8 Å². The summed E-state index contributed by atoms with van der Waals surface area (Å²) in [6, 6.07) is 1.43. The third-order valence-electron chi connectivity index (χ3n) is 1.25. The summed E-state index contributed by atoms with van der Waals surface area (Å²) in [4.78, 5) is 3.80. The summed E-state index contributed by atoms with van der Waals surface area (Å²) in [5.41, 5.74) is 6.34. The van der Waals surface area contributed by atoms with Crippen LogP contribution in [0.2, 0.25) is 0 Å². The third kappa shape index (κ3) is 3.34. The van der Waals surface area contributed by atoms with Crippen LogP contribution in [0.25, 0.3) is 0 Å². The minimum atomic E-state index is -0.317. The Kier molecular flexibility index (Phi) is 7.28. The fourth-order valence-corrected chi connectivity index (χ4v) is 0.712. The van der Waals surface area contributed by atoms with Gasteiger partial charge in [0.1, 0.15) is 5.82 Å². The van der Waals surface area contributed by atoms with Gasteiger partial charge in [-0.2, -0.15) is 0 Å². The van der Waals surface area contributed by atoms with Crippen LogP contribution in [0, 0.1) is 12.7 Å². The van der Waals surface area contributed by atoms with Gasteiger partial charge in [0.2, 0.25) is 0 Å². The van der Waals surface area contributed by atoms with Crippen molar-refractivity contribution in [1.29, 1.82) is 0 Å². The van der Waals surface area contributed by atoms with Crippen LogP contribution in [0.5, 0.6) is 0 Å². The molecule has 1 aromatic rings. The standard InChI is InChI=1S/C7H9FN2.2ClH/c1-5-2-6(8)7(3-9)10-4-5;;/h2,4H,3,9H2,1H3;2*1H. The Morgan fingerprint density at radius 2 is 2.08 bits per heavy atom. The maximum Gasteiger partial charge on any atom is 0.146 e. The Labute approximate surface area is 83.2 Å². The van der Waals surface area contributed by atoms with Crippen molar-refractivity contribution in [3.8, 4) is 0 Å². The van der Waals surface area contributed by atoms with Crippen molar-refractivity contribution in [2.45, 2.75) is 13.5 Å². The van der Waals surface area contributed by atoms with Gasteiger partial charge in [0.15, 0.2) is 0 Å². The number of halogens is 3. The van der Waals surface area contributed by atoms with Crippen molar-refractivity contribution >= 4 is 24.8 Å². The van der Waals surface area contributed by atoms with E-state index in [9.17, 15) is 4.39 Å². The largest absolute Gasteiger partial charge is 0.325 e. The van der Waals surface area contributed by atoms with Gasteiger partial charge in [-0.25, -0.2) is 4.39 Å². The van der Waals surface area contributed by atoms with Crippen molar-refractivity contribution < 1.29 is 4.39 Å². The van der Waals surface area contributed by atoms with Gasteiger partial charge in [-0.3, -0.25) is 4.98 Å². The predicted octanol–water partition coefficient (Wildman–Crippen LogP) is 1.83. The first-order valence-electron chi connectivity index (χ1n) is 3.05. The first kappa shape index (κ1) is 14.2. The molecule has 0 amide bonds. The molecule has 0 fully saturated rings. The van der Waals surface area contributed by atoms with E-state index in [2.05, 4.69) is 4.98 Å². The number of pyridine rings is 1. The van der Waals surface area contributed by atoms with Crippen LogP contribution in [0.3, 0.4) is 0 Å². The lowest BCUT2D eigenvalue weighted by atomic mass is 10.2. The van der Waals surface area contributed by atoms with E-state index in [1.165, 1.54) is 6.07 Å². The number of nitrogens with two attached hydrogens (primary N) is 1. The summed E-state index contributed by atoms with van der Waals surface area (Å²) in [6.07, 6.45) is 1.60. The molecule has 1 heterocycles. The van der Waals surface area contributed by atoms with Crippen molar-refractivity contribution in [2.75, 3.05) is 0 Å². The molecule has 0 aliphatic heterocycles. The van der Waals surface area contributed by atoms with E-state index in [0.717, 1.165) is 5.56 Å². The molecule has 0 spiro atoms. The average molecular weight is 213 g/mol. The highest BCUT2D eigenvalue weighted by Gasteiger charge is 1.99. The molecule has 2 N–H and O–H groups in total. The highest BCUT2D eigenvalue weighted by Crippen LogP contribution is 2.04. The maximum absolute atomic E-state index is 12.7. The van der Waals surface area contributed by atoms with E-state index in [1.807, 2.05) is 0 Å². The van der Waals surface area contributed by atoms with E-state index in [1.54, 1.807) is 13.1 Å². The van der Waals surface area contributed by atoms with Crippen LogP contribution in [-0.4, -0.2) is 4.98 Å². The summed E-state index contributed by atoms with van der Waals surface area (Å²) in [5, 5.41) is 0. The van der Waals surface area contributed by atoms with Gasteiger partial charge in [0, 0.05) is 12.7 Å². The molecule has 5 heteroatoms. The molecule has 0 radical (unpaired) electrons. The number of nitrogens with zero attached hydrogens (tertiary/aromatic N) is 1. The topological polar surface area (TPSA) is 38.9 Å². The average Bonchev–Trinajstić information content (AvgIpc) is 1.88. The van der Waals surface area contributed by atoms with Crippen LogP contribution in [0.15, 0.2) is 12.3 Å². The fourth-order valence-electron chi connectivity index (χ4n) is 0.712. The Balaban J connectivity index is 0. The molecular weight excluding hydrogens is 202 g/mol. The second kappa shape index (κ2) is 6.17. The monoisotopic (exact) mass is 212 g/mol. The summed E-state index contributed by atoms with van der Waals surface area (Å²) in [6.45, 7) is 1.95. The van der Waals surface area contributed by atoms with Crippen LogP contribution < -0.4 is 5.73 Å². The molecule has 0 aliphatic rings. The van der Waals surface area contributed by atoms with E-state index in [4.69, 9.17) is 5.73 Å². The number of rotatable bonds is 1. The van der Waals surface area contributed by atoms with Crippen molar-refractivity contribution in [1.82, 2.24) is 4.98 Å². The summed E-state index contributed by atoms with van der Waals surface area (Å²) >= 11 is 0. The van der Waals surface area contributed by atoms with Crippen LogP contribution in [0.4, 0.5) is 4.39 Å². The van der Waals surface area contributed by atoms with Gasteiger partial charge in [-0.1, -0.05) is 0 Å².